The van der Waals surface area contributed by atoms with Crippen molar-refractivity contribution in [1.29, 1.82) is 0 Å². The van der Waals surface area contributed by atoms with E-state index in [-0.39, 0.29) is 0 Å². The predicted molar refractivity (Wildman–Crippen MR) is 79.8 cm³/mol. The van der Waals surface area contributed by atoms with Crippen LogP contribution in [0.3, 0.4) is 0 Å². The third-order valence-electron chi connectivity index (χ3n) is 4.02. The van der Waals surface area contributed by atoms with E-state index in [0.717, 1.165) is 24.8 Å². The number of ether oxygens (including phenoxy) is 1. The lowest BCUT2D eigenvalue weighted by Gasteiger charge is -2.18. The van der Waals surface area contributed by atoms with Crippen LogP contribution in [0.2, 0.25) is 5.02 Å². The third-order valence-corrected chi connectivity index (χ3v) is 4.42. The van der Waals surface area contributed by atoms with Gasteiger partial charge in [-0.25, -0.2) is 0 Å². The number of hydrogen-bond donors (Lipinski definition) is 1. The van der Waals surface area contributed by atoms with E-state index in [0.29, 0.717) is 17.2 Å². The summed E-state index contributed by atoms with van der Waals surface area (Å²) in [5.74, 6) is -0.581. The fourth-order valence-electron chi connectivity index (χ4n) is 2.86. The van der Waals surface area contributed by atoms with Crippen molar-refractivity contribution in [2.45, 2.75) is 45.4 Å². The molecule has 0 fully saturated rings. The molecular formula is C16H21ClO3. The van der Waals surface area contributed by atoms with Gasteiger partial charge in [0.2, 0.25) is 0 Å². The molecule has 1 aromatic carbocycles. The minimum Gasteiger partial charge on any atom is -0.495 e. The lowest BCUT2D eigenvalue weighted by molar-refractivity contribution is -0.141. The molecule has 0 saturated heterocycles. The van der Waals surface area contributed by atoms with Crippen LogP contribution in [-0.4, -0.2) is 18.2 Å². The summed E-state index contributed by atoms with van der Waals surface area (Å²) in [6.45, 7) is 1.71. The maximum absolute atomic E-state index is 11.1. The van der Waals surface area contributed by atoms with E-state index in [1.807, 2.05) is 0 Å². The number of fused-ring (bicyclic) bond motifs is 1. The molecule has 1 aliphatic carbocycles. The van der Waals surface area contributed by atoms with Crippen molar-refractivity contribution in [2.24, 2.45) is 5.92 Å². The fraction of sp³-hybridized carbons (Fsp3) is 0.562. The Labute approximate surface area is 124 Å². The SMILES string of the molecule is COc1c(CC(C)C(=O)O)cc2c(c1Cl)CCCCC2. The number of aliphatic carboxylic acids is 1. The summed E-state index contributed by atoms with van der Waals surface area (Å²) in [4.78, 5) is 11.1. The van der Waals surface area contributed by atoms with E-state index >= 15 is 0 Å². The van der Waals surface area contributed by atoms with Crippen LogP contribution in [0.15, 0.2) is 6.07 Å². The Hall–Kier alpha value is -1.22. The largest absolute Gasteiger partial charge is 0.495 e. The highest BCUT2D eigenvalue weighted by Crippen LogP contribution is 2.38. The second-order valence-corrected chi connectivity index (χ2v) is 5.90. The van der Waals surface area contributed by atoms with Gasteiger partial charge < -0.3 is 9.84 Å². The lowest BCUT2D eigenvalue weighted by Crippen LogP contribution is -2.13. The van der Waals surface area contributed by atoms with Gasteiger partial charge in [-0.3, -0.25) is 4.79 Å². The number of carboxylic acid groups (broad SMARTS) is 1. The van der Waals surface area contributed by atoms with Crippen molar-refractivity contribution in [1.82, 2.24) is 0 Å². The number of carbonyl (C=O) groups is 1. The van der Waals surface area contributed by atoms with Crippen molar-refractivity contribution in [3.8, 4) is 5.75 Å². The zero-order valence-corrected chi connectivity index (χ0v) is 12.8. The van der Waals surface area contributed by atoms with Gasteiger partial charge in [0.25, 0.3) is 0 Å². The van der Waals surface area contributed by atoms with E-state index < -0.39 is 11.9 Å². The maximum Gasteiger partial charge on any atom is 0.306 e. The quantitative estimate of drug-likeness (QED) is 0.858. The number of carboxylic acids is 1. The molecule has 0 heterocycles. The van der Waals surface area contributed by atoms with E-state index in [9.17, 15) is 4.79 Å². The van der Waals surface area contributed by atoms with Gasteiger partial charge in [-0.05, 0) is 48.8 Å². The van der Waals surface area contributed by atoms with Crippen LogP contribution >= 0.6 is 11.6 Å². The van der Waals surface area contributed by atoms with E-state index in [4.69, 9.17) is 21.4 Å². The molecule has 4 heteroatoms. The van der Waals surface area contributed by atoms with Gasteiger partial charge in [0.05, 0.1) is 18.1 Å². The molecule has 1 aromatic rings. The van der Waals surface area contributed by atoms with Crippen LogP contribution in [-0.2, 0) is 24.1 Å². The standard InChI is InChI=1S/C16H21ClO3/c1-10(16(18)19)8-12-9-11-6-4-3-5-7-13(11)14(17)15(12)20-2/h9-10H,3-8H2,1-2H3,(H,18,19). The number of methoxy groups -OCH3 is 1. The van der Waals surface area contributed by atoms with Crippen LogP contribution in [0.1, 0.15) is 42.9 Å². The Balaban J connectivity index is 2.43. The maximum atomic E-state index is 11.1. The topological polar surface area (TPSA) is 46.5 Å². The summed E-state index contributed by atoms with van der Waals surface area (Å²) in [5, 5.41) is 9.77. The molecule has 1 unspecified atom stereocenters. The summed E-state index contributed by atoms with van der Waals surface area (Å²) in [5.41, 5.74) is 3.36. The Morgan fingerprint density at radius 3 is 2.75 bits per heavy atom. The van der Waals surface area contributed by atoms with E-state index in [1.165, 1.54) is 24.0 Å². The summed E-state index contributed by atoms with van der Waals surface area (Å²) < 4.78 is 5.44. The van der Waals surface area contributed by atoms with Crippen molar-refractivity contribution < 1.29 is 14.6 Å². The number of halogens is 1. The predicted octanol–water partition coefficient (Wildman–Crippen LogP) is 3.88. The summed E-state index contributed by atoms with van der Waals surface area (Å²) in [7, 11) is 1.60. The van der Waals surface area contributed by atoms with Crippen LogP contribution < -0.4 is 4.74 Å². The number of aryl methyl sites for hydroxylation is 1. The average Bonchev–Trinajstić information content (AvgIpc) is 2.64. The molecule has 0 radical (unpaired) electrons. The molecule has 0 aliphatic heterocycles. The molecule has 0 aromatic heterocycles. The van der Waals surface area contributed by atoms with Gasteiger partial charge in [0, 0.05) is 0 Å². The zero-order valence-electron chi connectivity index (χ0n) is 12.0. The second kappa shape index (κ2) is 6.49. The van der Waals surface area contributed by atoms with Gasteiger partial charge in [0.15, 0.2) is 0 Å². The molecular weight excluding hydrogens is 276 g/mol. The second-order valence-electron chi connectivity index (χ2n) is 5.52. The Morgan fingerprint density at radius 1 is 1.40 bits per heavy atom. The monoisotopic (exact) mass is 296 g/mol. The molecule has 1 atom stereocenters. The molecule has 2 rings (SSSR count). The summed E-state index contributed by atoms with van der Waals surface area (Å²) in [6, 6.07) is 2.10. The van der Waals surface area contributed by atoms with E-state index in [2.05, 4.69) is 6.07 Å². The first kappa shape index (κ1) is 15.2. The highest BCUT2D eigenvalue weighted by Gasteiger charge is 2.21. The fourth-order valence-corrected chi connectivity index (χ4v) is 3.27. The van der Waals surface area contributed by atoms with Crippen LogP contribution in [0.4, 0.5) is 0 Å². The van der Waals surface area contributed by atoms with Crippen molar-refractivity contribution in [2.75, 3.05) is 7.11 Å². The summed E-state index contributed by atoms with van der Waals surface area (Å²) >= 11 is 6.50. The molecule has 110 valence electrons. The van der Waals surface area contributed by atoms with Crippen molar-refractivity contribution >= 4 is 17.6 Å². The molecule has 0 bridgehead atoms. The molecule has 0 saturated carbocycles. The number of hydrogen-bond acceptors (Lipinski definition) is 2. The lowest BCUT2D eigenvalue weighted by atomic mass is 9.94. The highest BCUT2D eigenvalue weighted by atomic mass is 35.5. The van der Waals surface area contributed by atoms with Crippen LogP contribution in [0.5, 0.6) is 5.75 Å². The summed E-state index contributed by atoms with van der Waals surface area (Å²) in [6.07, 6.45) is 6.00. The van der Waals surface area contributed by atoms with Gasteiger partial charge >= 0.3 is 5.97 Å². The molecule has 0 spiro atoms. The molecule has 1 N–H and O–H groups in total. The Morgan fingerprint density at radius 2 is 2.10 bits per heavy atom. The van der Waals surface area contributed by atoms with Crippen LogP contribution in [0.25, 0.3) is 0 Å². The molecule has 0 amide bonds. The van der Waals surface area contributed by atoms with Crippen molar-refractivity contribution in [3.63, 3.8) is 0 Å². The van der Waals surface area contributed by atoms with Gasteiger partial charge in [-0.2, -0.15) is 0 Å². The normalized spacial score (nSPS) is 16.1. The number of benzene rings is 1. The Kier molecular flexibility index (Phi) is 4.92. The molecule has 3 nitrogen and oxygen atoms in total. The van der Waals surface area contributed by atoms with Gasteiger partial charge in [-0.1, -0.05) is 31.0 Å². The average molecular weight is 297 g/mol. The number of rotatable bonds is 4. The van der Waals surface area contributed by atoms with E-state index in [1.54, 1.807) is 14.0 Å². The first-order valence-electron chi connectivity index (χ1n) is 7.14. The van der Waals surface area contributed by atoms with Gasteiger partial charge in [-0.15, -0.1) is 0 Å². The molecule has 1 aliphatic rings. The minimum atomic E-state index is -0.793. The minimum absolute atomic E-state index is 0.441. The Bertz CT molecular complexity index is 511. The zero-order chi connectivity index (χ0) is 14.7. The first-order chi connectivity index (χ1) is 9.54. The third kappa shape index (κ3) is 3.09. The van der Waals surface area contributed by atoms with Crippen molar-refractivity contribution in [3.05, 3.63) is 27.8 Å². The smallest absolute Gasteiger partial charge is 0.306 e. The highest BCUT2D eigenvalue weighted by molar-refractivity contribution is 6.33. The van der Waals surface area contributed by atoms with Crippen LogP contribution in [0, 0.1) is 5.92 Å². The first-order valence-corrected chi connectivity index (χ1v) is 7.52. The molecule has 20 heavy (non-hydrogen) atoms. The van der Waals surface area contributed by atoms with Gasteiger partial charge in [0.1, 0.15) is 5.75 Å².